The van der Waals surface area contributed by atoms with E-state index in [4.69, 9.17) is 4.74 Å². The van der Waals surface area contributed by atoms with E-state index in [9.17, 15) is 4.79 Å². The second-order valence-corrected chi connectivity index (χ2v) is 6.21. The summed E-state index contributed by atoms with van der Waals surface area (Å²) >= 11 is 0. The average molecular weight is 275 g/mol. The van der Waals surface area contributed by atoms with Crippen LogP contribution in [0.2, 0.25) is 0 Å². The molecule has 110 valence electrons. The molecule has 1 aliphatic carbocycles. The highest BCUT2D eigenvalue weighted by molar-refractivity contribution is 5.64. The number of carbonyl (C=O) groups is 1. The Morgan fingerprint density at radius 3 is 2.85 bits per heavy atom. The molecule has 0 aromatic heterocycles. The molecule has 0 amide bonds. The van der Waals surface area contributed by atoms with Crippen molar-refractivity contribution in [2.45, 2.75) is 32.6 Å². The lowest BCUT2D eigenvalue weighted by atomic mass is 9.70. The molecule has 0 bridgehead atoms. The van der Waals surface area contributed by atoms with E-state index in [1.807, 2.05) is 31.3 Å². The smallest absolute Gasteiger partial charge is 0.142 e. The molecule has 1 aromatic rings. The van der Waals surface area contributed by atoms with Crippen LogP contribution in [-0.4, -0.2) is 27.0 Å². The topological polar surface area (TPSA) is 29.5 Å². The number of ether oxygens (including phenoxy) is 1. The van der Waals surface area contributed by atoms with Crippen LogP contribution in [0.4, 0.5) is 5.69 Å². The normalized spacial score (nSPS) is 26.1. The highest BCUT2D eigenvalue weighted by atomic mass is 16.5. The summed E-state index contributed by atoms with van der Waals surface area (Å²) in [4.78, 5) is 13.8. The van der Waals surface area contributed by atoms with Gasteiger partial charge in [0.25, 0.3) is 0 Å². The molecule has 0 aliphatic heterocycles. The number of nitrogens with zero attached hydrogens (tertiary/aromatic N) is 1. The van der Waals surface area contributed by atoms with Crippen LogP contribution in [0.25, 0.3) is 0 Å². The summed E-state index contributed by atoms with van der Waals surface area (Å²) in [6, 6.07) is 7.98. The van der Waals surface area contributed by atoms with Crippen LogP contribution in [-0.2, 0) is 4.79 Å². The Labute approximate surface area is 121 Å². The molecule has 0 saturated heterocycles. The zero-order valence-electron chi connectivity index (χ0n) is 12.8. The fraction of sp³-hybridized carbons (Fsp3) is 0.588. The first-order valence-electron chi connectivity index (χ1n) is 7.41. The Bertz CT molecular complexity index is 460. The Balaban J connectivity index is 2.16. The van der Waals surface area contributed by atoms with E-state index < -0.39 is 0 Å². The van der Waals surface area contributed by atoms with Gasteiger partial charge in [-0.05, 0) is 30.9 Å². The number of hydrogen-bond donors (Lipinski definition) is 0. The molecule has 20 heavy (non-hydrogen) atoms. The molecule has 3 heteroatoms. The van der Waals surface area contributed by atoms with Crippen LogP contribution < -0.4 is 9.64 Å². The van der Waals surface area contributed by atoms with Crippen molar-refractivity contribution in [3.63, 3.8) is 0 Å². The quantitative estimate of drug-likeness (QED) is 0.770. The van der Waals surface area contributed by atoms with Crippen molar-refractivity contribution in [3.05, 3.63) is 24.3 Å². The van der Waals surface area contributed by atoms with Crippen LogP contribution in [0, 0.1) is 11.3 Å². The summed E-state index contributed by atoms with van der Waals surface area (Å²) in [5.74, 6) is 1.50. The van der Waals surface area contributed by atoms with Crippen molar-refractivity contribution >= 4 is 12.0 Å². The van der Waals surface area contributed by atoms with Gasteiger partial charge in [0, 0.05) is 19.0 Å². The van der Waals surface area contributed by atoms with Crippen LogP contribution in [0.15, 0.2) is 24.3 Å². The third kappa shape index (κ3) is 3.14. The minimum absolute atomic E-state index is 0.201. The Kier molecular flexibility index (Phi) is 4.69. The second kappa shape index (κ2) is 6.29. The van der Waals surface area contributed by atoms with E-state index in [-0.39, 0.29) is 5.41 Å². The van der Waals surface area contributed by atoms with Gasteiger partial charge in [0.05, 0.1) is 12.8 Å². The van der Waals surface area contributed by atoms with Crippen molar-refractivity contribution in [2.75, 3.05) is 25.6 Å². The summed E-state index contributed by atoms with van der Waals surface area (Å²) in [5.41, 5.74) is 0.849. The minimum Gasteiger partial charge on any atom is -0.495 e. The predicted molar refractivity (Wildman–Crippen MR) is 82.4 cm³/mol. The van der Waals surface area contributed by atoms with Crippen LogP contribution >= 0.6 is 0 Å². The number of rotatable bonds is 5. The molecule has 2 rings (SSSR count). The average Bonchev–Trinajstić information content (AvgIpc) is 2.47. The molecule has 2 atom stereocenters. The minimum atomic E-state index is -0.201. The van der Waals surface area contributed by atoms with Gasteiger partial charge in [0.15, 0.2) is 0 Å². The van der Waals surface area contributed by atoms with E-state index in [1.54, 1.807) is 7.11 Å². The first-order valence-corrected chi connectivity index (χ1v) is 7.41. The summed E-state index contributed by atoms with van der Waals surface area (Å²) in [6.45, 7) is 3.02. The van der Waals surface area contributed by atoms with Gasteiger partial charge < -0.3 is 14.4 Å². The lowest BCUT2D eigenvalue weighted by Crippen LogP contribution is -2.40. The first-order chi connectivity index (χ1) is 9.60. The monoisotopic (exact) mass is 275 g/mol. The lowest BCUT2D eigenvalue weighted by Gasteiger charge is -2.39. The van der Waals surface area contributed by atoms with Crippen LogP contribution in [0.3, 0.4) is 0 Å². The second-order valence-electron chi connectivity index (χ2n) is 6.21. The summed E-state index contributed by atoms with van der Waals surface area (Å²) in [5, 5.41) is 0. The first kappa shape index (κ1) is 14.9. The van der Waals surface area contributed by atoms with Crippen LogP contribution in [0.1, 0.15) is 32.6 Å². The maximum absolute atomic E-state index is 11.7. The molecular weight excluding hydrogens is 250 g/mol. The number of aldehydes is 1. The molecule has 0 spiro atoms. The third-order valence-corrected chi connectivity index (χ3v) is 4.43. The highest BCUT2D eigenvalue weighted by Gasteiger charge is 2.36. The summed E-state index contributed by atoms with van der Waals surface area (Å²) in [6.07, 6.45) is 5.58. The van der Waals surface area contributed by atoms with Crippen molar-refractivity contribution in [1.29, 1.82) is 0 Å². The van der Waals surface area contributed by atoms with Gasteiger partial charge >= 0.3 is 0 Å². The van der Waals surface area contributed by atoms with Gasteiger partial charge in [-0.1, -0.05) is 31.9 Å². The molecule has 0 radical (unpaired) electrons. The Morgan fingerprint density at radius 2 is 2.20 bits per heavy atom. The lowest BCUT2D eigenvalue weighted by molar-refractivity contribution is -0.118. The fourth-order valence-corrected chi connectivity index (χ4v) is 3.49. The van der Waals surface area contributed by atoms with E-state index in [1.165, 1.54) is 12.7 Å². The number of anilines is 1. The molecular formula is C17H25NO2. The highest BCUT2D eigenvalue weighted by Crippen LogP contribution is 2.39. The molecule has 2 unspecified atom stereocenters. The standard InChI is InChI=1S/C17H25NO2/c1-14-7-6-10-17(11-14,13-19)12-18(2)15-8-4-5-9-16(15)20-3/h4-5,8-9,13-14H,6-7,10-12H2,1-3H3. The maximum atomic E-state index is 11.7. The predicted octanol–water partition coefficient (Wildman–Crippen LogP) is 3.53. The molecule has 1 saturated carbocycles. The summed E-state index contributed by atoms with van der Waals surface area (Å²) in [7, 11) is 3.73. The van der Waals surface area contributed by atoms with E-state index in [0.29, 0.717) is 5.92 Å². The number of methoxy groups -OCH3 is 1. The van der Waals surface area contributed by atoms with E-state index in [0.717, 1.165) is 37.2 Å². The molecule has 1 aromatic carbocycles. The SMILES string of the molecule is COc1ccccc1N(C)CC1(C=O)CCCC(C)C1. The molecule has 1 aliphatic rings. The Morgan fingerprint density at radius 1 is 1.45 bits per heavy atom. The van der Waals surface area contributed by atoms with E-state index >= 15 is 0 Å². The van der Waals surface area contributed by atoms with Crippen molar-refractivity contribution in [2.24, 2.45) is 11.3 Å². The van der Waals surface area contributed by atoms with E-state index in [2.05, 4.69) is 11.8 Å². The molecule has 0 N–H and O–H groups in total. The largest absolute Gasteiger partial charge is 0.495 e. The van der Waals surface area contributed by atoms with Crippen molar-refractivity contribution < 1.29 is 9.53 Å². The van der Waals surface area contributed by atoms with Gasteiger partial charge in [0.1, 0.15) is 12.0 Å². The van der Waals surface area contributed by atoms with Gasteiger partial charge in [-0.15, -0.1) is 0 Å². The van der Waals surface area contributed by atoms with Crippen molar-refractivity contribution in [1.82, 2.24) is 0 Å². The van der Waals surface area contributed by atoms with Gasteiger partial charge in [-0.3, -0.25) is 0 Å². The zero-order valence-corrected chi connectivity index (χ0v) is 12.8. The van der Waals surface area contributed by atoms with Gasteiger partial charge in [-0.25, -0.2) is 0 Å². The zero-order chi connectivity index (χ0) is 14.6. The number of para-hydroxylation sites is 2. The van der Waals surface area contributed by atoms with Gasteiger partial charge in [0.2, 0.25) is 0 Å². The number of benzene rings is 1. The van der Waals surface area contributed by atoms with Crippen molar-refractivity contribution in [3.8, 4) is 5.75 Å². The molecule has 0 heterocycles. The third-order valence-electron chi connectivity index (χ3n) is 4.43. The number of hydrogen-bond acceptors (Lipinski definition) is 3. The molecule has 1 fully saturated rings. The number of carbonyl (C=O) groups excluding carboxylic acids is 1. The van der Waals surface area contributed by atoms with Gasteiger partial charge in [-0.2, -0.15) is 0 Å². The molecule has 3 nitrogen and oxygen atoms in total. The maximum Gasteiger partial charge on any atom is 0.142 e. The van der Waals surface area contributed by atoms with Crippen LogP contribution in [0.5, 0.6) is 5.75 Å². The fourth-order valence-electron chi connectivity index (χ4n) is 3.49. The Hall–Kier alpha value is -1.51. The summed E-state index contributed by atoms with van der Waals surface area (Å²) < 4.78 is 5.41.